The van der Waals surface area contributed by atoms with E-state index in [4.69, 9.17) is 4.74 Å². The minimum Gasteiger partial charge on any atom is -0.492 e. The third kappa shape index (κ3) is 4.34. The lowest BCUT2D eigenvalue weighted by molar-refractivity contribution is -0.122. The van der Waals surface area contributed by atoms with Crippen molar-refractivity contribution in [2.75, 3.05) is 17.2 Å². The number of carbonyl (C=O) groups is 2. The maximum atomic E-state index is 12.2. The number of para-hydroxylation sites is 2. The zero-order valence-corrected chi connectivity index (χ0v) is 14.1. The maximum Gasteiger partial charge on any atom is 0.246 e. The summed E-state index contributed by atoms with van der Waals surface area (Å²) in [6.07, 6.45) is 4.47. The van der Waals surface area contributed by atoms with E-state index in [0.717, 1.165) is 19.3 Å². The molecule has 1 aliphatic rings. The molecule has 1 saturated carbocycles. The molecular weight excluding hydrogens is 322 g/mol. The number of amides is 2. The van der Waals surface area contributed by atoms with E-state index in [0.29, 0.717) is 23.9 Å². The molecule has 1 fully saturated rings. The zero-order valence-electron chi connectivity index (χ0n) is 14.1. The van der Waals surface area contributed by atoms with Gasteiger partial charge in [-0.05, 0) is 31.9 Å². The molecule has 0 unspecified atom stereocenters. The molecule has 25 heavy (non-hydrogen) atoms. The quantitative estimate of drug-likeness (QED) is 0.802. The number of benzene rings is 1. The Hall–Kier alpha value is -2.90. The first-order valence-electron chi connectivity index (χ1n) is 8.38. The van der Waals surface area contributed by atoms with Crippen LogP contribution in [-0.4, -0.2) is 33.4 Å². The number of rotatable bonds is 7. The third-order valence-corrected chi connectivity index (χ3v) is 4.03. The van der Waals surface area contributed by atoms with Crippen molar-refractivity contribution in [3.8, 4) is 5.75 Å². The van der Waals surface area contributed by atoms with Crippen LogP contribution in [0.4, 0.5) is 11.5 Å². The molecule has 1 aromatic carbocycles. The third-order valence-electron chi connectivity index (χ3n) is 4.03. The van der Waals surface area contributed by atoms with Gasteiger partial charge in [0, 0.05) is 5.92 Å². The summed E-state index contributed by atoms with van der Waals surface area (Å²) in [6.45, 7) is 2.39. The molecule has 1 aliphatic carbocycles. The Balaban J connectivity index is 1.55. The van der Waals surface area contributed by atoms with E-state index in [1.165, 1.54) is 4.68 Å². The minimum absolute atomic E-state index is 0.00718. The number of anilines is 2. The van der Waals surface area contributed by atoms with Crippen molar-refractivity contribution in [1.82, 2.24) is 15.0 Å². The highest BCUT2D eigenvalue weighted by Crippen LogP contribution is 2.27. The van der Waals surface area contributed by atoms with Crippen molar-refractivity contribution in [3.63, 3.8) is 0 Å². The SMILES string of the molecule is CCOc1ccccc1NC(=O)Cn1cc(NC(=O)C2CCC2)nn1. The van der Waals surface area contributed by atoms with E-state index < -0.39 is 0 Å². The summed E-state index contributed by atoms with van der Waals surface area (Å²) >= 11 is 0. The normalized spacial score (nSPS) is 13.8. The molecule has 2 aromatic rings. The van der Waals surface area contributed by atoms with Gasteiger partial charge in [-0.1, -0.05) is 23.8 Å². The number of nitrogens with zero attached hydrogens (tertiary/aromatic N) is 3. The van der Waals surface area contributed by atoms with Crippen molar-refractivity contribution in [2.45, 2.75) is 32.7 Å². The standard InChI is InChI=1S/C17H21N5O3/c1-2-25-14-9-4-3-8-13(14)18-16(23)11-22-10-15(20-21-22)19-17(24)12-6-5-7-12/h3-4,8-10,12H,2,5-7,11H2,1H3,(H,18,23)(H,19,24). The van der Waals surface area contributed by atoms with Crippen LogP contribution in [0.15, 0.2) is 30.5 Å². The van der Waals surface area contributed by atoms with Crippen LogP contribution < -0.4 is 15.4 Å². The average Bonchev–Trinajstić information content (AvgIpc) is 2.94. The van der Waals surface area contributed by atoms with E-state index in [9.17, 15) is 9.59 Å². The van der Waals surface area contributed by atoms with Crippen LogP contribution in [0.5, 0.6) is 5.75 Å². The Kier molecular flexibility index (Phi) is 5.27. The van der Waals surface area contributed by atoms with Gasteiger partial charge >= 0.3 is 0 Å². The summed E-state index contributed by atoms with van der Waals surface area (Å²) in [5.74, 6) is 0.760. The van der Waals surface area contributed by atoms with E-state index in [-0.39, 0.29) is 24.3 Å². The summed E-state index contributed by atoms with van der Waals surface area (Å²) in [6, 6.07) is 7.23. The molecule has 8 nitrogen and oxygen atoms in total. The molecule has 8 heteroatoms. The van der Waals surface area contributed by atoms with Crippen LogP contribution in [-0.2, 0) is 16.1 Å². The van der Waals surface area contributed by atoms with Crippen molar-refractivity contribution in [1.29, 1.82) is 0 Å². The predicted molar refractivity (Wildman–Crippen MR) is 92.2 cm³/mol. The van der Waals surface area contributed by atoms with Gasteiger partial charge in [0.25, 0.3) is 0 Å². The number of ether oxygens (including phenoxy) is 1. The number of hydrogen-bond acceptors (Lipinski definition) is 5. The van der Waals surface area contributed by atoms with Gasteiger partial charge in [0.05, 0.1) is 18.5 Å². The number of aromatic nitrogens is 3. The van der Waals surface area contributed by atoms with Crippen LogP contribution in [0.3, 0.4) is 0 Å². The molecule has 0 aliphatic heterocycles. The Morgan fingerprint density at radius 3 is 2.80 bits per heavy atom. The smallest absolute Gasteiger partial charge is 0.246 e. The van der Waals surface area contributed by atoms with E-state index in [1.807, 2.05) is 19.1 Å². The molecule has 0 spiro atoms. The fourth-order valence-electron chi connectivity index (χ4n) is 2.52. The van der Waals surface area contributed by atoms with Gasteiger partial charge in [0.1, 0.15) is 12.3 Å². The molecule has 1 heterocycles. The topological polar surface area (TPSA) is 98.1 Å². The monoisotopic (exact) mass is 343 g/mol. The van der Waals surface area contributed by atoms with Crippen LogP contribution in [0, 0.1) is 5.92 Å². The van der Waals surface area contributed by atoms with Crippen molar-refractivity contribution >= 4 is 23.3 Å². The van der Waals surface area contributed by atoms with Gasteiger partial charge < -0.3 is 15.4 Å². The molecule has 2 amide bonds. The van der Waals surface area contributed by atoms with Gasteiger partial charge in [-0.3, -0.25) is 9.59 Å². The highest BCUT2D eigenvalue weighted by atomic mass is 16.5. The van der Waals surface area contributed by atoms with Crippen molar-refractivity contribution < 1.29 is 14.3 Å². The molecule has 132 valence electrons. The lowest BCUT2D eigenvalue weighted by atomic mass is 9.85. The largest absolute Gasteiger partial charge is 0.492 e. The average molecular weight is 343 g/mol. The fourth-order valence-corrected chi connectivity index (χ4v) is 2.52. The fraction of sp³-hybridized carbons (Fsp3) is 0.412. The first kappa shape index (κ1) is 16.9. The van der Waals surface area contributed by atoms with Gasteiger partial charge in [-0.25, -0.2) is 4.68 Å². The van der Waals surface area contributed by atoms with Crippen LogP contribution in [0.25, 0.3) is 0 Å². The second-order valence-electron chi connectivity index (χ2n) is 5.90. The minimum atomic E-state index is -0.256. The summed E-state index contributed by atoms with van der Waals surface area (Å²) < 4.78 is 6.86. The zero-order chi connectivity index (χ0) is 17.6. The van der Waals surface area contributed by atoms with Crippen LogP contribution >= 0.6 is 0 Å². The lowest BCUT2D eigenvalue weighted by Crippen LogP contribution is -2.28. The molecule has 0 radical (unpaired) electrons. The van der Waals surface area contributed by atoms with Gasteiger partial charge in [-0.2, -0.15) is 0 Å². The van der Waals surface area contributed by atoms with Crippen molar-refractivity contribution in [2.24, 2.45) is 5.92 Å². The summed E-state index contributed by atoms with van der Waals surface area (Å²) in [4.78, 5) is 24.1. The number of hydrogen-bond donors (Lipinski definition) is 2. The highest BCUT2D eigenvalue weighted by molar-refractivity contribution is 5.93. The molecule has 1 aromatic heterocycles. The van der Waals surface area contributed by atoms with E-state index >= 15 is 0 Å². The van der Waals surface area contributed by atoms with Crippen LogP contribution in [0.2, 0.25) is 0 Å². The highest BCUT2D eigenvalue weighted by Gasteiger charge is 2.25. The lowest BCUT2D eigenvalue weighted by Gasteiger charge is -2.23. The van der Waals surface area contributed by atoms with Gasteiger partial charge in [0.15, 0.2) is 5.82 Å². The molecule has 0 atom stereocenters. The molecular formula is C17H21N5O3. The Morgan fingerprint density at radius 2 is 2.08 bits per heavy atom. The summed E-state index contributed by atoms with van der Waals surface area (Å²) in [5, 5.41) is 13.3. The van der Waals surface area contributed by atoms with Gasteiger partial charge in [-0.15, -0.1) is 5.10 Å². The first-order valence-corrected chi connectivity index (χ1v) is 8.38. The first-order chi connectivity index (χ1) is 12.2. The second kappa shape index (κ2) is 7.78. The molecule has 0 saturated heterocycles. The maximum absolute atomic E-state index is 12.2. The van der Waals surface area contributed by atoms with E-state index in [1.54, 1.807) is 18.3 Å². The molecule has 0 bridgehead atoms. The molecule has 3 rings (SSSR count). The summed E-state index contributed by atoms with van der Waals surface area (Å²) in [7, 11) is 0. The number of carbonyl (C=O) groups excluding carboxylic acids is 2. The Bertz CT molecular complexity index is 754. The van der Waals surface area contributed by atoms with Crippen molar-refractivity contribution in [3.05, 3.63) is 30.5 Å². The van der Waals surface area contributed by atoms with Gasteiger partial charge in [0.2, 0.25) is 11.8 Å². The molecule has 2 N–H and O–H groups in total. The number of nitrogens with one attached hydrogen (secondary N) is 2. The Morgan fingerprint density at radius 1 is 1.28 bits per heavy atom. The van der Waals surface area contributed by atoms with Crippen LogP contribution in [0.1, 0.15) is 26.2 Å². The summed E-state index contributed by atoms with van der Waals surface area (Å²) in [5.41, 5.74) is 0.605. The Labute approximate surface area is 145 Å². The van der Waals surface area contributed by atoms with E-state index in [2.05, 4.69) is 20.9 Å². The second-order valence-corrected chi connectivity index (χ2v) is 5.90. The predicted octanol–water partition coefficient (Wildman–Crippen LogP) is 2.05.